The average molecular weight is 351 g/mol. The first kappa shape index (κ1) is 25.1. The summed E-state index contributed by atoms with van der Waals surface area (Å²) in [7, 11) is -3.88. The third-order valence-corrected chi connectivity index (χ3v) is 5.21. The fraction of sp³-hybridized carbons (Fsp3) is 0.889. The number of hydrogen-bond donors (Lipinski definition) is 2. The lowest BCUT2D eigenvalue weighted by Crippen LogP contribution is -2.48. The first-order valence-electron chi connectivity index (χ1n) is 9.34. The van der Waals surface area contributed by atoms with Gasteiger partial charge in [0, 0.05) is 5.82 Å². The lowest BCUT2D eigenvalue weighted by atomic mass is 10.1. The van der Waals surface area contributed by atoms with Crippen molar-refractivity contribution < 1.29 is 18.8 Å². The van der Waals surface area contributed by atoms with E-state index in [4.69, 9.17) is 9.79 Å². The minimum Gasteiger partial charge on any atom is -0.324 e. The Kier molecular flexibility index (Phi) is 16.8. The molecular formula is C18H41NO3P+. The Morgan fingerprint density at radius 2 is 1.17 bits per heavy atom. The van der Waals surface area contributed by atoms with Crippen LogP contribution in [0.4, 0.5) is 0 Å². The summed E-state index contributed by atoms with van der Waals surface area (Å²) in [6.45, 7) is 17.5. The quantitative estimate of drug-likeness (QED) is 0.269. The highest BCUT2D eigenvalue weighted by Gasteiger charge is 2.19. The molecule has 0 fully saturated rings. The third-order valence-electron chi connectivity index (χ3n) is 4.74. The number of hydrogen-bond acceptors (Lipinski definition) is 1. The molecule has 0 radical (unpaired) electrons. The maximum absolute atomic E-state index is 9.58. The van der Waals surface area contributed by atoms with E-state index in [-0.39, 0.29) is 0 Å². The van der Waals surface area contributed by atoms with Crippen molar-refractivity contribution in [2.45, 2.75) is 79.1 Å². The summed E-state index contributed by atoms with van der Waals surface area (Å²) < 4.78 is 10.9. The Hall–Kier alpha value is -0.150. The van der Waals surface area contributed by atoms with E-state index in [0.29, 0.717) is 5.82 Å². The standard InChI is InChI=1S/C16H36N.C2H5O3P/c1-5-9-10-11-12-13-14-15-16-17(6-2,7-3)8-4;1-2-6(3,4)5/h5-16H2,1-4H3;2H,1H2,(H2,3,4,5)/q+1;. The molecular weight excluding hydrogens is 309 g/mol. The van der Waals surface area contributed by atoms with E-state index in [9.17, 15) is 4.57 Å². The fourth-order valence-electron chi connectivity index (χ4n) is 2.73. The zero-order valence-corrected chi connectivity index (χ0v) is 16.9. The van der Waals surface area contributed by atoms with E-state index in [2.05, 4.69) is 34.3 Å². The van der Waals surface area contributed by atoms with Gasteiger partial charge in [-0.25, -0.2) is 0 Å². The maximum Gasteiger partial charge on any atom is 0.348 e. The van der Waals surface area contributed by atoms with Crippen molar-refractivity contribution in [1.82, 2.24) is 0 Å². The van der Waals surface area contributed by atoms with E-state index in [1.807, 2.05) is 0 Å². The monoisotopic (exact) mass is 350 g/mol. The van der Waals surface area contributed by atoms with Crippen molar-refractivity contribution in [3.8, 4) is 0 Å². The molecule has 0 bridgehead atoms. The molecule has 4 nitrogen and oxygen atoms in total. The Morgan fingerprint density at radius 1 is 0.826 bits per heavy atom. The van der Waals surface area contributed by atoms with Gasteiger partial charge >= 0.3 is 7.60 Å². The zero-order valence-electron chi connectivity index (χ0n) is 16.0. The van der Waals surface area contributed by atoms with Crippen molar-refractivity contribution >= 4 is 7.60 Å². The summed E-state index contributed by atoms with van der Waals surface area (Å²) in [4.78, 5) is 15.6. The number of quaternary nitrogens is 1. The van der Waals surface area contributed by atoms with Gasteiger partial charge in [0.2, 0.25) is 0 Å². The van der Waals surface area contributed by atoms with Crippen molar-refractivity contribution in [3.63, 3.8) is 0 Å². The topological polar surface area (TPSA) is 57.5 Å². The molecule has 0 heterocycles. The molecule has 23 heavy (non-hydrogen) atoms. The highest BCUT2D eigenvalue weighted by molar-refractivity contribution is 7.55. The minimum atomic E-state index is -3.88. The summed E-state index contributed by atoms with van der Waals surface area (Å²) in [6, 6.07) is 0. The second-order valence-electron chi connectivity index (χ2n) is 6.26. The predicted octanol–water partition coefficient (Wildman–Crippen LogP) is 5.31. The van der Waals surface area contributed by atoms with Crippen LogP contribution in [0.25, 0.3) is 0 Å². The van der Waals surface area contributed by atoms with E-state index >= 15 is 0 Å². The molecule has 0 aromatic rings. The van der Waals surface area contributed by atoms with E-state index in [1.54, 1.807) is 0 Å². The van der Waals surface area contributed by atoms with Crippen LogP contribution in [0.5, 0.6) is 0 Å². The Balaban J connectivity index is 0. The SMILES string of the molecule is C=CP(=O)(O)O.CCCCCCCCCC[N+](CC)(CC)CC. The summed E-state index contributed by atoms with van der Waals surface area (Å²) in [5.74, 6) is 0.604. The molecule has 0 aromatic heterocycles. The second kappa shape index (κ2) is 15.4. The lowest BCUT2D eigenvalue weighted by Gasteiger charge is -2.35. The zero-order chi connectivity index (χ0) is 18.2. The molecule has 0 saturated heterocycles. The summed E-state index contributed by atoms with van der Waals surface area (Å²) in [6.07, 6.45) is 11.5. The Labute approximate surface area is 144 Å². The maximum atomic E-state index is 9.58. The molecule has 0 amide bonds. The summed E-state index contributed by atoms with van der Waals surface area (Å²) in [5.41, 5.74) is 0. The Morgan fingerprint density at radius 3 is 1.48 bits per heavy atom. The van der Waals surface area contributed by atoms with Crippen molar-refractivity contribution in [2.24, 2.45) is 0 Å². The molecule has 0 aromatic carbocycles. The van der Waals surface area contributed by atoms with E-state index in [0.717, 1.165) is 0 Å². The van der Waals surface area contributed by atoms with E-state index < -0.39 is 7.60 Å². The van der Waals surface area contributed by atoms with Gasteiger partial charge in [-0.15, -0.1) is 0 Å². The minimum absolute atomic E-state index is 0.604. The van der Waals surface area contributed by atoms with Gasteiger partial charge in [0.1, 0.15) is 0 Å². The molecule has 0 aliphatic rings. The van der Waals surface area contributed by atoms with Crippen LogP contribution in [0.3, 0.4) is 0 Å². The van der Waals surface area contributed by atoms with Crippen LogP contribution in [-0.4, -0.2) is 40.4 Å². The lowest BCUT2D eigenvalue weighted by molar-refractivity contribution is -0.923. The number of unbranched alkanes of at least 4 members (excludes halogenated alkanes) is 7. The molecule has 0 atom stereocenters. The molecule has 5 heteroatoms. The first-order valence-corrected chi connectivity index (χ1v) is 11.0. The van der Waals surface area contributed by atoms with Gasteiger partial charge in [0.25, 0.3) is 0 Å². The molecule has 0 unspecified atom stereocenters. The molecule has 0 saturated carbocycles. The smallest absolute Gasteiger partial charge is 0.324 e. The van der Waals surface area contributed by atoms with Crippen LogP contribution in [0.1, 0.15) is 79.1 Å². The molecule has 140 valence electrons. The normalized spacial score (nSPS) is 11.7. The second-order valence-corrected chi connectivity index (χ2v) is 7.80. The highest BCUT2D eigenvalue weighted by atomic mass is 31.2. The van der Waals surface area contributed by atoms with Gasteiger partial charge in [0.15, 0.2) is 0 Å². The van der Waals surface area contributed by atoms with Crippen LogP contribution in [-0.2, 0) is 4.57 Å². The van der Waals surface area contributed by atoms with Crippen LogP contribution in [0.2, 0.25) is 0 Å². The van der Waals surface area contributed by atoms with Gasteiger partial charge in [0.05, 0.1) is 26.2 Å². The van der Waals surface area contributed by atoms with Crippen LogP contribution >= 0.6 is 7.60 Å². The van der Waals surface area contributed by atoms with Gasteiger partial charge in [-0.05, 0) is 33.6 Å². The van der Waals surface area contributed by atoms with Crippen LogP contribution < -0.4 is 0 Å². The van der Waals surface area contributed by atoms with Gasteiger partial charge < -0.3 is 14.3 Å². The molecule has 0 aliphatic carbocycles. The highest BCUT2D eigenvalue weighted by Crippen LogP contribution is 2.34. The van der Waals surface area contributed by atoms with Gasteiger partial charge in [-0.2, -0.15) is 0 Å². The van der Waals surface area contributed by atoms with Crippen molar-refractivity contribution in [1.29, 1.82) is 0 Å². The van der Waals surface area contributed by atoms with Gasteiger partial charge in [-0.3, -0.25) is 4.57 Å². The Bertz CT molecular complexity index is 303. The third kappa shape index (κ3) is 16.5. The average Bonchev–Trinajstić information content (AvgIpc) is 2.54. The largest absolute Gasteiger partial charge is 0.348 e. The van der Waals surface area contributed by atoms with Gasteiger partial charge in [-0.1, -0.05) is 52.0 Å². The molecule has 0 spiro atoms. The molecule has 0 rings (SSSR count). The fourth-order valence-corrected chi connectivity index (χ4v) is 2.73. The van der Waals surface area contributed by atoms with Crippen molar-refractivity contribution in [2.75, 3.05) is 26.2 Å². The van der Waals surface area contributed by atoms with Crippen LogP contribution in [0.15, 0.2) is 12.4 Å². The van der Waals surface area contributed by atoms with Crippen molar-refractivity contribution in [3.05, 3.63) is 12.4 Å². The van der Waals surface area contributed by atoms with E-state index in [1.165, 1.54) is 82.0 Å². The summed E-state index contributed by atoms with van der Waals surface area (Å²) >= 11 is 0. The van der Waals surface area contributed by atoms with Crippen LogP contribution in [0, 0.1) is 0 Å². The predicted molar refractivity (Wildman–Crippen MR) is 102 cm³/mol. The molecule has 2 N–H and O–H groups in total. The number of nitrogens with zero attached hydrogens (tertiary/aromatic N) is 1. The molecule has 0 aliphatic heterocycles. The first-order chi connectivity index (χ1) is 10.8. The summed E-state index contributed by atoms with van der Waals surface area (Å²) in [5, 5.41) is 0. The number of rotatable bonds is 13.